The smallest absolute Gasteiger partial charge is 0.0624 e. The number of fused-ring (bicyclic) bond motifs is 1. The lowest BCUT2D eigenvalue weighted by atomic mass is 9.67. The number of hydrogen-bond acceptors (Lipinski definition) is 1. The van der Waals surface area contributed by atoms with Gasteiger partial charge in [0.15, 0.2) is 0 Å². The molecule has 2 aliphatic rings. The summed E-state index contributed by atoms with van der Waals surface area (Å²) in [6.45, 7) is 0. The highest BCUT2D eigenvalue weighted by molar-refractivity contribution is 4.86. The van der Waals surface area contributed by atoms with Crippen LogP contribution in [0.5, 0.6) is 0 Å². The molecule has 0 aromatic carbocycles. The Morgan fingerprint density at radius 1 is 1.00 bits per heavy atom. The Kier molecular flexibility index (Phi) is 2.88. The van der Waals surface area contributed by atoms with E-state index in [4.69, 9.17) is 5.26 Å². The summed E-state index contributed by atoms with van der Waals surface area (Å²) in [7, 11) is 0. The molecule has 0 heterocycles. The summed E-state index contributed by atoms with van der Waals surface area (Å²) in [4.78, 5) is 0. The van der Waals surface area contributed by atoms with Crippen molar-refractivity contribution in [3.63, 3.8) is 0 Å². The minimum Gasteiger partial charge on any atom is -0.198 e. The Hall–Kier alpha value is -0.510. The molecular weight excluding hydrogens is 158 g/mol. The highest BCUT2D eigenvalue weighted by Crippen LogP contribution is 2.43. The highest BCUT2D eigenvalue weighted by Gasteiger charge is 2.31. The molecule has 0 saturated heterocycles. The fourth-order valence-electron chi connectivity index (χ4n) is 3.29. The van der Waals surface area contributed by atoms with Crippen LogP contribution in [0.3, 0.4) is 0 Å². The molecule has 2 aliphatic carbocycles. The minimum absolute atomic E-state index is 0.740. The van der Waals surface area contributed by atoms with Crippen LogP contribution in [0.1, 0.15) is 51.4 Å². The predicted molar refractivity (Wildman–Crippen MR) is 53.0 cm³/mol. The molecule has 0 N–H and O–H groups in total. The Morgan fingerprint density at radius 2 is 1.77 bits per heavy atom. The standard InChI is InChI=1S/C12H19N/c13-8-7-10-5-6-11-3-1-2-4-12(11)9-10/h10-12H,1-7,9H2. The van der Waals surface area contributed by atoms with E-state index in [-0.39, 0.29) is 0 Å². The normalized spacial score (nSPS) is 39.2. The quantitative estimate of drug-likeness (QED) is 0.601. The van der Waals surface area contributed by atoms with Crippen molar-refractivity contribution in [2.24, 2.45) is 17.8 Å². The molecule has 0 amide bonds. The maximum atomic E-state index is 8.66. The monoisotopic (exact) mass is 177 g/mol. The molecule has 0 spiro atoms. The van der Waals surface area contributed by atoms with E-state index in [1.807, 2.05) is 0 Å². The molecule has 0 aliphatic heterocycles. The van der Waals surface area contributed by atoms with Gasteiger partial charge in [-0.3, -0.25) is 0 Å². The molecule has 2 rings (SSSR count). The largest absolute Gasteiger partial charge is 0.198 e. The van der Waals surface area contributed by atoms with E-state index < -0.39 is 0 Å². The predicted octanol–water partition coefficient (Wildman–Crippen LogP) is 3.51. The zero-order valence-corrected chi connectivity index (χ0v) is 8.34. The Morgan fingerprint density at radius 3 is 2.54 bits per heavy atom. The lowest BCUT2D eigenvalue weighted by Crippen LogP contribution is -2.27. The van der Waals surface area contributed by atoms with Crippen molar-refractivity contribution in [3.05, 3.63) is 0 Å². The summed E-state index contributed by atoms with van der Waals surface area (Å²) in [5.41, 5.74) is 0. The Labute approximate surface area is 81.1 Å². The van der Waals surface area contributed by atoms with E-state index in [0.717, 1.165) is 24.2 Å². The van der Waals surface area contributed by atoms with E-state index in [2.05, 4.69) is 6.07 Å². The van der Waals surface area contributed by atoms with Gasteiger partial charge in [0.05, 0.1) is 6.07 Å². The van der Waals surface area contributed by atoms with Crippen LogP contribution < -0.4 is 0 Å². The van der Waals surface area contributed by atoms with Crippen LogP contribution in [0.4, 0.5) is 0 Å². The summed E-state index contributed by atoms with van der Waals surface area (Å²) in [6, 6.07) is 2.33. The van der Waals surface area contributed by atoms with Crippen molar-refractivity contribution >= 4 is 0 Å². The molecule has 1 nitrogen and oxygen atoms in total. The van der Waals surface area contributed by atoms with Crippen molar-refractivity contribution in [1.29, 1.82) is 5.26 Å². The van der Waals surface area contributed by atoms with E-state index in [9.17, 15) is 0 Å². The molecule has 72 valence electrons. The molecule has 0 radical (unpaired) electrons. The fourth-order valence-corrected chi connectivity index (χ4v) is 3.29. The van der Waals surface area contributed by atoms with Gasteiger partial charge in [-0.1, -0.05) is 25.7 Å². The van der Waals surface area contributed by atoms with Gasteiger partial charge in [-0.05, 0) is 37.0 Å². The molecule has 0 aromatic rings. The van der Waals surface area contributed by atoms with Crippen molar-refractivity contribution in [3.8, 4) is 6.07 Å². The number of nitrogens with zero attached hydrogens (tertiary/aromatic N) is 1. The van der Waals surface area contributed by atoms with E-state index in [1.54, 1.807) is 0 Å². The van der Waals surface area contributed by atoms with Crippen LogP contribution >= 0.6 is 0 Å². The van der Waals surface area contributed by atoms with Crippen molar-refractivity contribution in [1.82, 2.24) is 0 Å². The molecule has 13 heavy (non-hydrogen) atoms. The molecule has 0 bridgehead atoms. The first-order valence-corrected chi connectivity index (χ1v) is 5.77. The van der Waals surface area contributed by atoms with Gasteiger partial charge in [0.2, 0.25) is 0 Å². The molecule has 2 saturated carbocycles. The Bertz CT molecular complexity index is 204. The van der Waals surface area contributed by atoms with Gasteiger partial charge in [0.1, 0.15) is 0 Å². The summed E-state index contributed by atoms with van der Waals surface area (Å²) in [5, 5.41) is 8.66. The highest BCUT2D eigenvalue weighted by atomic mass is 14.4. The molecule has 0 aromatic heterocycles. The van der Waals surface area contributed by atoms with Gasteiger partial charge < -0.3 is 0 Å². The van der Waals surface area contributed by atoms with Crippen LogP contribution in [0.2, 0.25) is 0 Å². The van der Waals surface area contributed by atoms with E-state index in [1.165, 1.54) is 44.9 Å². The van der Waals surface area contributed by atoms with Crippen molar-refractivity contribution in [2.75, 3.05) is 0 Å². The zero-order valence-electron chi connectivity index (χ0n) is 8.34. The first kappa shape index (κ1) is 9.06. The van der Waals surface area contributed by atoms with E-state index >= 15 is 0 Å². The van der Waals surface area contributed by atoms with Gasteiger partial charge in [0, 0.05) is 6.42 Å². The van der Waals surface area contributed by atoms with Crippen molar-refractivity contribution < 1.29 is 0 Å². The van der Waals surface area contributed by atoms with Gasteiger partial charge in [-0.15, -0.1) is 0 Å². The molecule has 3 unspecified atom stereocenters. The third-order valence-electron chi connectivity index (χ3n) is 4.03. The lowest BCUT2D eigenvalue weighted by Gasteiger charge is -2.38. The first-order valence-electron chi connectivity index (χ1n) is 5.77. The average molecular weight is 177 g/mol. The van der Waals surface area contributed by atoms with Gasteiger partial charge in [-0.25, -0.2) is 0 Å². The maximum absolute atomic E-state index is 8.66. The van der Waals surface area contributed by atoms with Crippen LogP contribution in [0.15, 0.2) is 0 Å². The maximum Gasteiger partial charge on any atom is 0.0624 e. The van der Waals surface area contributed by atoms with Gasteiger partial charge in [0.25, 0.3) is 0 Å². The van der Waals surface area contributed by atoms with Gasteiger partial charge in [-0.2, -0.15) is 5.26 Å². The second kappa shape index (κ2) is 4.13. The first-order chi connectivity index (χ1) is 6.40. The second-order valence-corrected chi connectivity index (χ2v) is 4.85. The summed E-state index contributed by atoms with van der Waals surface area (Å²) < 4.78 is 0. The van der Waals surface area contributed by atoms with Crippen LogP contribution in [-0.4, -0.2) is 0 Å². The average Bonchev–Trinajstić information content (AvgIpc) is 2.18. The molecule has 3 atom stereocenters. The topological polar surface area (TPSA) is 23.8 Å². The fraction of sp³-hybridized carbons (Fsp3) is 0.917. The molecule has 1 heteroatoms. The Balaban J connectivity index is 1.88. The van der Waals surface area contributed by atoms with Crippen LogP contribution in [0.25, 0.3) is 0 Å². The summed E-state index contributed by atoms with van der Waals surface area (Å²) in [5.74, 6) is 2.76. The third kappa shape index (κ3) is 2.05. The minimum atomic E-state index is 0.740. The molecular formula is C12H19N. The summed E-state index contributed by atoms with van der Waals surface area (Å²) >= 11 is 0. The van der Waals surface area contributed by atoms with Crippen molar-refractivity contribution in [2.45, 2.75) is 51.4 Å². The molecule has 2 fully saturated rings. The number of hydrogen-bond donors (Lipinski definition) is 0. The zero-order chi connectivity index (χ0) is 9.10. The van der Waals surface area contributed by atoms with Gasteiger partial charge >= 0.3 is 0 Å². The number of nitriles is 1. The second-order valence-electron chi connectivity index (χ2n) is 4.85. The summed E-state index contributed by atoms with van der Waals surface area (Å²) in [6.07, 6.45) is 10.7. The number of rotatable bonds is 1. The third-order valence-corrected chi connectivity index (χ3v) is 4.03. The van der Waals surface area contributed by atoms with Crippen LogP contribution in [-0.2, 0) is 0 Å². The lowest BCUT2D eigenvalue weighted by molar-refractivity contribution is 0.131. The van der Waals surface area contributed by atoms with E-state index in [0.29, 0.717) is 0 Å². The SMILES string of the molecule is N#CCC1CCC2CCCCC2C1. The van der Waals surface area contributed by atoms with Crippen LogP contribution in [0, 0.1) is 29.1 Å².